The Kier molecular flexibility index (Phi) is 2.19. The van der Waals surface area contributed by atoms with Crippen molar-refractivity contribution in [3.05, 3.63) is 22.7 Å². The molecule has 0 fully saturated rings. The van der Waals surface area contributed by atoms with Crippen molar-refractivity contribution in [2.45, 2.75) is 4.90 Å². The number of hydrogen-bond donors (Lipinski definition) is 1. The number of rotatable bonds is 0. The zero-order valence-corrected chi connectivity index (χ0v) is 8.74. The van der Waals surface area contributed by atoms with Crippen molar-refractivity contribution in [3.8, 4) is 0 Å². The normalized spacial score (nSPS) is 21.2. The number of nitrogens with one attached hydrogen (secondary N) is 1. The molecule has 1 heterocycles. The third kappa shape index (κ3) is 1.29. The Balaban J connectivity index is 2.59. The number of halogens is 1. The van der Waals surface area contributed by atoms with Crippen LogP contribution in [0.3, 0.4) is 0 Å². The molecule has 0 spiro atoms. The molecule has 1 atom stereocenters. The first-order valence-electron chi connectivity index (χ1n) is 3.70. The minimum absolute atomic E-state index is 0.712. The number of fused-ring (bicyclic) bond motifs is 1. The number of anilines is 1. The van der Waals surface area contributed by atoms with E-state index in [0.717, 1.165) is 21.6 Å². The molecule has 12 heavy (non-hydrogen) atoms. The van der Waals surface area contributed by atoms with Crippen molar-refractivity contribution in [3.63, 3.8) is 0 Å². The van der Waals surface area contributed by atoms with Gasteiger partial charge in [0, 0.05) is 16.8 Å². The first-order chi connectivity index (χ1) is 5.79. The van der Waals surface area contributed by atoms with E-state index in [9.17, 15) is 4.21 Å². The van der Waals surface area contributed by atoms with Gasteiger partial charge in [-0.25, -0.2) is 0 Å². The Hall–Kier alpha value is -0.350. The molecule has 4 heteroatoms. The van der Waals surface area contributed by atoms with Crippen LogP contribution in [0.5, 0.6) is 0 Å². The molecule has 2 nitrogen and oxygen atoms in total. The lowest BCUT2D eigenvalue weighted by atomic mass is 10.3. The maximum Gasteiger partial charge on any atom is 0.0648 e. The van der Waals surface area contributed by atoms with Crippen LogP contribution in [0.4, 0.5) is 5.69 Å². The summed E-state index contributed by atoms with van der Waals surface area (Å²) in [4.78, 5) is 0.913. The molecule has 1 N–H and O–H groups in total. The lowest BCUT2D eigenvalue weighted by molar-refractivity contribution is 0.682. The average Bonchev–Trinajstić information content (AvgIpc) is 2.07. The SMILES string of the molecule is O=S1CCNc2c(Br)cccc21. The minimum atomic E-state index is -0.818. The van der Waals surface area contributed by atoms with E-state index in [2.05, 4.69) is 21.2 Å². The maximum absolute atomic E-state index is 11.5. The molecule has 1 aliphatic rings. The molecule has 0 saturated carbocycles. The van der Waals surface area contributed by atoms with Gasteiger partial charge < -0.3 is 5.32 Å². The van der Waals surface area contributed by atoms with E-state index in [1.165, 1.54) is 0 Å². The molecule has 64 valence electrons. The number of para-hydroxylation sites is 1. The number of hydrogen-bond acceptors (Lipinski definition) is 2. The van der Waals surface area contributed by atoms with E-state index >= 15 is 0 Å². The maximum atomic E-state index is 11.5. The highest BCUT2D eigenvalue weighted by atomic mass is 79.9. The van der Waals surface area contributed by atoms with E-state index in [1.54, 1.807) is 0 Å². The Labute approximate surface area is 81.9 Å². The van der Waals surface area contributed by atoms with E-state index in [0.29, 0.717) is 5.75 Å². The van der Waals surface area contributed by atoms with Crippen LogP contribution in [-0.4, -0.2) is 16.5 Å². The van der Waals surface area contributed by atoms with Crippen molar-refractivity contribution in [1.29, 1.82) is 0 Å². The first kappa shape index (κ1) is 8.26. The van der Waals surface area contributed by atoms with Crippen LogP contribution in [0.2, 0.25) is 0 Å². The fraction of sp³-hybridized carbons (Fsp3) is 0.250. The van der Waals surface area contributed by atoms with Crippen molar-refractivity contribution in [2.24, 2.45) is 0 Å². The summed E-state index contributed by atoms with van der Waals surface area (Å²) in [6, 6.07) is 5.77. The molecule has 2 rings (SSSR count). The van der Waals surface area contributed by atoms with Crippen LogP contribution < -0.4 is 5.32 Å². The van der Waals surface area contributed by atoms with Gasteiger partial charge in [-0.2, -0.15) is 0 Å². The summed E-state index contributed by atoms with van der Waals surface area (Å²) in [6.07, 6.45) is 0. The quantitative estimate of drug-likeness (QED) is 0.758. The average molecular weight is 246 g/mol. The van der Waals surface area contributed by atoms with Crippen molar-refractivity contribution < 1.29 is 4.21 Å². The second-order valence-corrected chi connectivity index (χ2v) is 4.98. The predicted molar refractivity (Wildman–Crippen MR) is 53.9 cm³/mol. The summed E-state index contributed by atoms with van der Waals surface area (Å²) in [5.74, 6) is 0.712. The van der Waals surface area contributed by atoms with E-state index in [-0.39, 0.29) is 0 Å². The van der Waals surface area contributed by atoms with E-state index in [4.69, 9.17) is 0 Å². The zero-order chi connectivity index (χ0) is 8.55. The van der Waals surface area contributed by atoms with Gasteiger partial charge in [0.1, 0.15) is 0 Å². The van der Waals surface area contributed by atoms with Gasteiger partial charge in [-0.15, -0.1) is 0 Å². The molecular formula is C8H8BrNOS. The third-order valence-electron chi connectivity index (χ3n) is 1.81. The number of benzene rings is 1. The van der Waals surface area contributed by atoms with E-state index in [1.807, 2.05) is 18.2 Å². The second-order valence-electron chi connectivity index (χ2n) is 2.59. The highest BCUT2D eigenvalue weighted by molar-refractivity contribution is 9.10. The van der Waals surface area contributed by atoms with Crippen LogP contribution in [0.1, 0.15) is 0 Å². The van der Waals surface area contributed by atoms with Gasteiger partial charge in [-0.1, -0.05) is 6.07 Å². The third-order valence-corrected chi connectivity index (χ3v) is 3.88. The Morgan fingerprint density at radius 2 is 2.33 bits per heavy atom. The van der Waals surface area contributed by atoms with Crippen molar-refractivity contribution in [1.82, 2.24) is 0 Å². The predicted octanol–water partition coefficient (Wildman–Crippen LogP) is 1.98. The standard InChI is InChI=1S/C8H8BrNOS/c9-6-2-1-3-7-8(6)10-4-5-12(7)11/h1-3,10H,4-5H2. The van der Waals surface area contributed by atoms with Crippen LogP contribution in [-0.2, 0) is 10.8 Å². The molecule has 1 aromatic rings. The minimum Gasteiger partial charge on any atom is -0.382 e. The first-order valence-corrected chi connectivity index (χ1v) is 5.81. The van der Waals surface area contributed by atoms with Crippen molar-refractivity contribution >= 4 is 32.4 Å². The van der Waals surface area contributed by atoms with E-state index < -0.39 is 10.8 Å². The van der Waals surface area contributed by atoms with Gasteiger partial charge in [0.05, 0.1) is 21.4 Å². The fourth-order valence-corrected chi connectivity index (χ4v) is 3.03. The molecule has 0 radical (unpaired) electrons. The monoisotopic (exact) mass is 245 g/mol. The van der Waals surface area contributed by atoms with Gasteiger partial charge in [0.2, 0.25) is 0 Å². The largest absolute Gasteiger partial charge is 0.382 e. The fourth-order valence-electron chi connectivity index (χ4n) is 1.24. The molecule has 1 aromatic carbocycles. The molecule has 1 aliphatic heterocycles. The molecule has 0 aliphatic carbocycles. The molecular weight excluding hydrogens is 238 g/mol. The Morgan fingerprint density at radius 1 is 1.50 bits per heavy atom. The van der Waals surface area contributed by atoms with Gasteiger partial charge in [0.15, 0.2) is 0 Å². The van der Waals surface area contributed by atoms with Crippen LogP contribution in [0.15, 0.2) is 27.6 Å². The summed E-state index contributed by atoms with van der Waals surface area (Å²) in [6.45, 7) is 0.794. The molecule has 1 unspecified atom stereocenters. The summed E-state index contributed by atoms with van der Waals surface area (Å²) < 4.78 is 12.5. The van der Waals surface area contributed by atoms with Crippen LogP contribution in [0, 0.1) is 0 Å². The Morgan fingerprint density at radius 3 is 3.08 bits per heavy atom. The summed E-state index contributed by atoms with van der Waals surface area (Å²) >= 11 is 3.41. The second kappa shape index (κ2) is 3.18. The molecule has 0 bridgehead atoms. The topological polar surface area (TPSA) is 29.1 Å². The van der Waals surface area contributed by atoms with Crippen molar-refractivity contribution in [2.75, 3.05) is 17.6 Å². The summed E-state index contributed by atoms with van der Waals surface area (Å²) in [5, 5.41) is 3.22. The molecule has 0 aromatic heterocycles. The van der Waals surface area contributed by atoms with Gasteiger partial charge in [-0.3, -0.25) is 4.21 Å². The molecule has 0 saturated heterocycles. The molecule has 0 amide bonds. The zero-order valence-electron chi connectivity index (χ0n) is 6.34. The van der Waals surface area contributed by atoms with Gasteiger partial charge in [0.25, 0.3) is 0 Å². The highest BCUT2D eigenvalue weighted by Gasteiger charge is 2.16. The van der Waals surface area contributed by atoms with Gasteiger partial charge >= 0.3 is 0 Å². The smallest absolute Gasteiger partial charge is 0.0648 e. The van der Waals surface area contributed by atoms with Gasteiger partial charge in [-0.05, 0) is 28.1 Å². The lowest BCUT2D eigenvalue weighted by Crippen LogP contribution is -2.18. The highest BCUT2D eigenvalue weighted by Crippen LogP contribution is 2.30. The van der Waals surface area contributed by atoms with Crippen LogP contribution in [0.25, 0.3) is 0 Å². The summed E-state index contributed by atoms with van der Waals surface area (Å²) in [7, 11) is -0.818. The Bertz CT molecular complexity index is 340. The lowest BCUT2D eigenvalue weighted by Gasteiger charge is -2.18. The summed E-state index contributed by atoms with van der Waals surface area (Å²) in [5.41, 5.74) is 0.988. The van der Waals surface area contributed by atoms with Crippen LogP contribution >= 0.6 is 15.9 Å².